The Labute approximate surface area is 217 Å². The summed E-state index contributed by atoms with van der Waals surface area (Å²) in [6, 6.07) is 13.6. The van der Waals surface area contributed by atoms with Gasteiger partial charge in [-0.2, -0.15) is 0 Å². The van der Waals surface area contributed by atoms with E-state index in [1.807, 2.05) is 19.1 Å². The number of ether oxygens (including phenoxy) is 4. The number of rotatable bonds is 5. The highest BCUT2D eigenvalue weighted by Crippen LogP contribution is 2.43. The normalized spacial score (nSPS) is 14.6. The van der Waals surface area contributed by atoms with E-state index in [2.05, 4.69) is 0 Å². The third-order valence-electron chi connectivity index (χ3n) is 5.70. The van der Waals surface area contributed by atoms with E-state index >= 15 is 0 Å². The molecule has 3 aromatic rings. The van der Waals surface area contributed by atoms with Crippen LogP contribution in [0.5, 0.6) is 0 Å². The molecule has 1 aromatic heterocycles. The number of aromatic nitrogens is 1. The number of halogens is 1. The second kappa shape index (κ2) is 9.67. The number of aliphatic hydroxyl groups excluding tert-OH is 1. The lowest BCUT2D eigenvalue weighted by molar-refractivity contribution is -0.216. The average molecular weight is 526 g/mol. The highest BCUT2D eigenvalue weighted by Gasteiger charge is 2.44. The molecule has 0 spiro atoms. The van der Waals surface area contributed by atoms with Gasteiger partial charge in [0.1, 0.15) is 11.3 Å². The summed E-state index contributed by atoms with van der Waals surface area (Å²) in [5.74, 6) is -5.05. The van der Waals surface area contributed by atoms with Crippen molar-refractivity contribution < 1.29 is 38.4 Å². The van der Waals surface area contributed by atoms with Gasteiger partial charge in [-0.15, -0.1) is 0 Å². The summed E-state index contributed by atoms with van der Waals surface area (Å²) >= 11 is 6.12. The van der Waals surface area contributed by atoms with Crippen LogP contribution in [-0.2, 0) is 23.7 Å². The number of aryl methyl sites for hydroxylation is 1. The molecule has 192 valence electrons. The van der Waals surface area contributed by atoms with Gasteiger partial charge in [-0.1, -0.05) is 41.4 Å². The van der Waals surface area contributed by atoms with Gasteiger partial charge in [0.15, 0.2) is 5.57 Å². The first-order valence-corrected chi connectivity index (χ1v) is 11.5. The Morgan fingerprint density at radius 3 is 2.08 bits per heavy atom. The highest BCUT2D eigenvalue weighted by molar-refractivity contribution is 6.30. The van der Waals surface area contributed by atoms with Crippen molar-refractivity contribution in [2.75, 3.05) is 14.2 Å². The molecule has 2 heterocycles. The third-order valence-corrected chi connectivity index (χ3v) is 5.95. The van der Waals surface area contributed by atoms with Gasteiger partial charge in [-0.3, -0.25) is 0 Å². The molecule has 0 amide bonds. The fraction of sp³-hybridized carbons (Fsp3) is 0.222. The number of carbonyl (C=O) groups is 3. The largest absolute Gasteiger partial charge is 0.480 e. The second-order valence-electron chi connectivity index (χ2n) is 8.68. The number of hydrogen-bond donors (Lipinski definition) is 1. The van der Waals surface area contributed by atoms with Crippen molar-refractivity contribution in [3.05, 3.63) is 81.9 Å². The van der Waals surface area contributed by atoms with Gasteiger partial charge in [0.25, 0.3) is 11.7 Å². The maximum absolute atomic E-state index is 13.2. The molecule has 1 aliphatic heterocycles. The van der Waals surface area contributed by atoms with Gasteiger partial charge < -0.3 is 28.6 Å². The van der Waals surface area contributed by atoms with Crippen LogP contribution in [0.1, 0.15) is 45.8 Å². The number of methoxy groups -OCH3 is 2. The Kier molecular flexibility index (Phi) is 6.75. The van der Waals surface area contributed by atoms with E-state index in [4.69, 9.17) is 30.5 Å². The molecule has 10 heteroatoms. The van der Waals surface area contributed by atoms with Gasteiger partial charge in [0.05, 0.1) is 19.9 Å². The quantitative estimate of drug-likeness (QED) is 0.356. The second-order valence-corrected chi connectivity index (χ2v) is 9.12. The molecule has 1 N–H and O–H groups in total. The molecule has 0 atom stereocenters. The molecule has 0 radical (unpaired) electrons. The summed E-state index contributed by atoms with van der Waals surface area (Å²) in [6.07, 6.45) is 0. The van der Waals surface area contributed by atoms with Crippen LogP contribution in [0.4, 0.5) is 0 Å². The van der Waals surface area contributed by atoms with E-state index in [9.17, 15) is 19.5 Å². The number of nitrogens with zero attached hydrogens (tertiary/aromatic N) is 1. The first kappa shape index (κ1) is 25.8. The minimum atomic E-state index is -1.47. The van der Waals surface area contributed by atoms with Crippen molar-refractivity contribution in [1.82, 2.24) is 4.57 Å². The first-order valence-electron chi connectivity index (χ1n) is 11.1. The predicted octanol–water partition coefficient (Wildman–Crippen LogP) is 5.22. The minimum Gasteiger partial charge on any atom is -0.480 e. The van der Waals surface area contributed by atoms with Crippen LogP contribution in [-0.4, -0.2) is 47.6 Å². The van der Waals surface area contributed by atoms with Crippen molar-refractivity contribution in [2.24, 2.45) is 0 Å². The molecule has 4 rings (SSSR count). The standard InChI is InChI=1S/C27H24ClNO8/c1-14-6-12-17(13-7-14)29-21(15-8-10-16(28)11-9-15)18(19(23(30)34-4)22(29)26(33)35-5)20-24(31)36-27(2,3)37-25(20)32/h6-13,31H,1-5H3. The van der Waals surface area contributed by atoms with Crippen molar-refractivity contribution in [3.63, 3.8) is 0 Å². The summed E-state index contributed by atoms with van der Waals surface area (Å²) in [4.78, 5) is 39.7. The zero-order chi connectivity index (χ0) is 27.1. The number of benzene rings is 2. The molecule has 37 heavy (non-hydrogen) atoms. The van der Waals surface area contributed by atoms with Crippen LogP contribution >= 0.6 is 11.6 Å². The van der Waals surface area contributed by atoms with E-state index < -0.39 is 35.2 Å². The maximum Gasteiger partial charge on any atom is 0.355 e. The third kappa shape index (κ3) is 4.65. The van der Waals surface area contributed by atoms with Crippen LogP contribution in [0.25, 0.3) is 22.5 Å². The summed E-state index contributed by atoms with van der Waals surface area (Å²) in [5, 5.41) is 11.3. The molecule has 0 aliphatic carbocycles. The minimum absolute atomic E-state index is 0.131. The van der Waals surface area contributed by atoms with E-state index in [1.54, 1.807) is 36.4 Å². The Morgan fingerprint density at radius 1 is 0.946 bits per heavy atom. The molecule has 0 fully saturated rings. The number of aliphatic hydroxyl groups is 1. The van der Waals surface area contributed by atoms with Crippen molar-refractivity contribution in [1.29, 1.82) is 0 Å². The molecule has 0 unspecified atom stereocenters. The highest BCUT2D eigenvalue weighted by atomic mass is 35.5. The first-order chi connectivity index (χ1) is 17.5. The zero-order valence-corrected chi connectivity index (χ0v) is 21.5. The van der Waals surface area contributed by atoms with Crippen LogP contribution in [0.2, 0.25) is 5.02 Å². The van der Waals surface area contributed by atoms with Crippen LogP contribution in [0, 0.1) is 6.92 Å². The predicted molar refractivity (Wildman–Crippen MR) is 134 cm³/mol. The van der Waals surface area contributed by atoms with E-state index in [0.29, 0.717) is 16.3 Å². The SMILES string of the molecule is COC(=O)c1c(C2=C(O)OC(C)(C)OC2=O)c(-c2ccc(Cl)cc2)n(-c2ccc(C)cc2)c1C(=O)OC. The maximum atomic E-state index is 13.2. The number of hydrogen-bond acceptors (Lipinski definition) is 8. The molecular formula is C27H24ClNO8. The molecule has 9 nitrogen and oxygen atoms in total. The number of cyclic esters (lactones) is 1. The lowest BCUT2D eigenvalue weighted by Gasteiger charge is -2.31. The lowest BCUT2D eigenvalue weighted by Crippen LogP contribution is -2.36. The van der Waals surface area contributed by atoms with Gasteiger partial charge in [-0.05, 0) is 36.8 Å². The fourth-order valence-corrected chi connectivity index (χ4v) is 4.24. The number of carbonyl (C=O) groups excluding carboxylic acids is 3. The molecule has 1 aliphatic rings. The van der Waals surface area contributed by atoms with Crippen molar-refractivity contribution in [2.45, 2.75) is 26.6 Å². The Hall–Kier alpha value is -4.24. The van der Waals surface area contributed by atoms with Gasteiger partial charge in [0.2, 0.25) is 0 Å². The zero-order valence-electron chi connectivity index (χ0n) is 20.7. The molecule has 0 saturated carbocycles. The Bertz CT molecular complexity index is 1430. The van der Waals surface area contributed by atoms with Crippen molar-refractivity contribution in [3.8, 4) is 16.9 Å². The monoisotopic (exact) mass is 525 g/mol. The molecule has 0 bridgehead atoms. The molecular weight excluding hydrogens is 502 g/mol. The topological polar surface area (TPSA) is 113 Å². The average Bonchev–Trinajstić information content (AvgIpc) is 3.18. The molecule has 0 saturated heterocycles. The van der Waals surface area contributed by atoms with E-state index in [0.717, 1.165) is 19.8 Å². The summed E-state index contributed by atoms with van der Waals surface area (Å²) in [6.45, 7) is 4.78. The van der Waals surface area contributed by atoms with E-state index in [1.165, 1.54) is 18.4 Å². The van der Waals surface area contributed by atoms with Crippen LogP contribution in [0.3, 0.4) is 0 Å². The van der Waals surface area contributed by atoms with Crippen molar-refractivity contribution >= 4 is 35.1 Å². The summed E-state index contributed by atoms with van der Waals surface area (Å²) < 4.78 is 22.3. The fourth-order valence-electron chi connectivity index (χ4n) is 4.11. The smallest absolute Gasteiger partial charge is 0.355 e. The number of esters is 3. The Morgan fingerprint density at radius 2 is 1.54 bits per heavy atom. The van der Waals surface area contributed by atoms with Gasteiger partial charge in [-0.25, -0.2) is 14.4 Å². The van der Waals surface area contributed by atoms with Gasteiger partial charge in [0, 0.05) is 30.1 Å². The lowest BCUT2D eigenvalue weighted by atomic mass is 9.96. The van der Waals surface area contributed by atoms with Crippen LogP contribution in [0.15, 0.2) is 54.5 Å². The summed E-state index contributed by atoms with van der Waals surface area (Å²) in [5.41, 5.74) is 0.939. The van der Waals surface area contributed by atoms with Crippen LogP contribution < -0.4 is 0 Å². The van der Waals surface area contributed by atoms with Gasteiger partial charge >= 0.3 is 17.9 Å². The molecule has 2 aromatic carbocycles. The summed E-state index contributed by atoms with van der Waals surface area (Å²) in [7, 11) is 2.29. The Balaban J connectivity index is 2.25. The van der Waals surface area contributed by atoms with E-state index in [-0.39, 0.29) is 22.5 Å².